The number of nitrogens with two attached hydrogens (primary N) is 1. The number of aryl methyl sites for hydroxylation is 2. The van der Waals surface area contributed by atoms with Crippen LogP contribution in [0.4, 0.5) is 0 Å². The standard InChI is InChI=1S/C14H20N2O.ClH/c1-11-3-2-4-12(9-11)5-6-14(17)16-8-7-13(15)10-16;/h2-4,9,13H,5-8,10,15H2,1H3;1H. The lowest BCUT2D eigenvalue weighted by Crippen LogP contribution is -2.31. The zero-order valence-electron chi connectivity index (χ0n) is 10.8. The molecule has 0 aromatic heterocycles. The van der Waals surface area contributed by atoms with Gasteiger partial charge in [0.25, 0.3) is 0 Å². The van der Waals surface area contributed by atoms with E-state index in [1.807, 2.05) is 11.0 Å². The molecule has 1 saturated heterocycles. The number of amides is 1. The molecule has 18 heavy (non-hydrogen) atoms. The summed E-state index contributed by atoms with van der Waals surface area (Å²) < 4.78 is 0. The fourth-order valence-corrected chi connectivity index (χ4v) is 2.29. The molecule has 0 bridgehead atoms. The normalized spacial score (nSPS) is 18.6. The number of rotatable bonds is 3. The van der Waals surface area contributed by atoms with Gasteiger partial charge in [-0.1, -0.05) is 29.8 Å². The largest absolute Gasteiger partial charge is 0.341 e. The van der Waals surface area contributed by atoms with Crippen LogP contribution in [0.3, 0.4) is 0 Å². The van der Waals surface area contributed by atoms with Gasteiger partial charge in [-0.05, 0) is 25.3 Å². The highest BCUT2D eigenvalue weighted by molar-refractivity contribution is 5.85. The van der Waals surface area contributed by atoms with Crippen LogP contribution in [-0.4, -0.2) is 29.9 Å². The topological polar surface area (TPSA) is 46.3 Å². The fraction of sp³-hybridized carbons (Fsp3) is 0.500. The van der Waals surface area contributed by atoms with E-state index in [0.717, 1.165) is 25.9 Å². The van der Waals surface area contributed by atoms with Gasteiger partial charge in [-0.15, -0.1) is 12.4 Å². The lowest BCUT2D eigenvalue weighted by atomic mass is 10.1. The van der Waals surface area contributed by atoms with Crippen LogP contribution in [0.2, 0.25) is 0 Å². The second kappa shape index (κ2) is 6.76. The molecule has 1 heterocycles. The molecular weight excluding hydrogens is 248 g/mol. The Bertz CT molecular complexity index is 409. The van der Waals surface area contributed by atoms with Crippen molar-refractivity contribution in [2.75, 3.05) is 13.1 Å². The molecule has 1 aromatic rings. The Morgan fingerprint density at radius 2 is 2.28 bits per heavy atom. The number of carbonyl (C=O) groups is 1. The summed E-state index contributed by atoms with van der Waals surface area (Å²) in [7, 11) is 0. The van der Waals surface area contributed by atoms with Crippen molar-refractivity contribution in [2.45, 2.75) is 32.2 Å². The van der Waals surface area contributed by atoms with Crippen molar-refractivity contribution in [2.24, 2.45) is 5.73 Å². The van der Waals surface area contributed by atoms with Crippen molar-refractivity contribution in [3.8, 4) is 0 Å². The third kappa shape index (κ3) is 4.00. The van der Waals surface area contributed by atoms with E-state index in [1.165, 1.54) is 11.1 Å². The third-order valence-corrected chi connectivity index (χ3v) is 3.29. The van der Waals surface area contributed by atoms with Crippen LogP contribution in [0.15, 0.2) is 24.3 Å². The zero-order valence-corrected chi connectivity index (χ0v) is 11.6. The number of nitrogens with zero attached hydrogens (tertiary/aromatic N) is 1. The molecule has 1 amide bonds. The molecular formula is C14H21ClN2O. The van der Waals surface area contributed by atoms with Gasteiger partial charge in [-0.25, -0.2) is 0 Å². The van der Waals surface area contributed by atoms with Crippen LogP contribution in [0.5, 0.6) is 0 Å². The minimum absolute atomic E-state index is 0. The average molecular weight is 269 g/mol. The SMILES string of the molecule is Cc1cccc(CCC(=O)N2CCC(N)C2)c1.Cl. The number of halogens is 1. The summed E-state index contributed by atoms with van der Waals surface area (Å²) >= 11 is 0. The minimum atomic E-state index is 0. The van der Waals surface area contributed by atoms with Gasteiger partial charge in [0.2, 0.25) is 5.91 Å². The lowest BCUT2D eigenvalue weighted by molar-refractivity contribution is -0.130. The molecule has 1 atom stereocenters. The van der Waals surface area contributed by atoms with Crippen LogP contribution in [0.1, 0.15) is 24.0 Å². The Labute approximate surface area is 115 Å². The van der Waals surface area contributed by atoms with E-state index in [-0.39, 0.29) is 24.4 Å². The van der Waals surface area contributed by atoms with Crippen LogP contribution in [0.25, 0.3) is 0 Å². The van der Waals surface area contributed by atoms with Gasteiger partial charge in [0.1, 0.15) is 0 Å². The highest BCUT2D eigenvalue weighted by Gasteiger charge is 2.22. The average Bonchev–Trinajstić information content (AvgIpc) is 2.73. The van der Waals surface area contributed by atoms with Crippen molar-refractivity contribution in [3.05, 3.63) is 35.4 Å². The molecule has 2 rings (SSSR count). The van der Waals surface area contributed by atoms with Crippen molar-refractivity contribution in [3.63, 3.8) is 0 Å². The number of likely N-dealkylation sites (tertiary alicyclic amines) is 1. The maximum absolute atomic E-state index is 11.9. The monoisotopic (exact) mass is 268 g/mol. The van der Waals surface area contributed by atoms with E-state index in [1.54, 1.807) is 0 Å². The van der Waals surface area contributed by atoms with Gasteiger partial charge in [0, 0.05) is 25.6 Å². The van der Waals surface area contributed by atoms with E-state index in [9.17, 15) is 4.79 Å². The first kappa shape index (κ1) is 15.0. The Morgan fingerprint density at radius 3 is 2.89 bits per heavy atom. The second-order valence-corrected chi connectivity index (χ2v) is 4.88. The molecule has 0 radical (unpaired) electrons. The van der Waals surface area contributed by atoms with E-state index >= 15 is 0 Å². The second-order valence-electron chi connectivity index (χ2n) is 4.88. The van der Waals surface area contributed by atoms with Gasteiger partial charge in [0.15, 0.2) is 0 Å². The van der Waals surface area contributed by atoms with Crippen LogP contribution < -0.4 is 5.73 Å². The number of hydrogen-bond acceptors (Lipinski definition) is 2. The Balaban J connectivity index is 0.00000162. The van der Waals surface area contributed by atoms with Crippen LogP contribution in [0, 0.1) is 6.92 Å². The molecule has 1 aliphatic heterocycles. The predicted octanol–water partition coefficient (Wildman–Crippen LogP) is 1.91. The Hall–Kier alpha value is -1.06. The number of hydrogen-bond donors (Lipinski definition) is 1. The summed E-state index contributed by atoms with van der Waals surface area (Å²) in [4.78, 5) is 13.8. The van der Waals surface area contributed by atoms with Gasteiger partial charge >= 0.3 is 0 Å². The maximum atomic E-state index is 11.9. The van der Waals surface area contributed by atoms with Crippen molar-refractivity contribution >= 4 is 18.3 Å². The first-order chi connectivity index (χ1) is 8.15. The Morgan fingerprint density at radius 1 is 1.50 bits per heavy atom. The Kier molecular flexibility index (Phi) is 5.63. The van der Waals surface area contributed by atoms with Crippen molar-refractivity contribution in [1.29, 1.82) is 0 Å². The maximum Gasteiger partial charge on any atom is 0.222 e. The quantitative estimate of drug-likeness (QED) is 0.910. The summed E-state index contributed by atoms with van der Waals surface area (Å²) in [5, 5.41) is 0. The highest BCUT2D eigenvalue weighted by atomic mass is 35.5. The first-order valence-electron chi connectivity index (χ1n) is 6.24. The molecule has 100 valence electrons. The summed E-state index contributed by atoms with van der Waals surface area (Å²) in [6.07, 6.45) is 2.36. The smallest absolute Gasteiger partial charge is 0.222 e. The minimum Gasteiger partial charge on any atom is -0.341 e. The molecule has 1 aromatic carbocycles. The molecule has 3 nitrogen and oxygen atoms in total. The van der Waals surface area contributed by atoms with Crippen LogP contribution >= 0.6 is 12.4 Å². The van der Waals surface area contributed by atoms with E-state index in [2.05, 4.69) is 25.1 Å². The summed E-state index contributed by atoms with van der Waals surface area (Å²) in [5.74, 6) is 0.236. The molecule has 0 saturated carbocycles. The van der Waals surface area contributed by atoms with Gasteiger partial charge in [0.05, 0.1) is 0 Å². The number of carbonyl (C=O) groups excluding carboxylic acids is 1. The molecule has 0 spiro atoms. The van der Waals surface area contributed by atoms with E-state index in [4.69, 9.17) is 5.73 Å². The van der Waals surface area contributed by atoms with Gasteiger partial charge < -0.3 is 10.6 Å². The first-order valence-corrected chi connectivity index (χ1v) is 6.24. The van der Waals surface area contributed by atoms with Crippen molar-refractivity contribution < 1.29 is 4.79 Å². The lowest BCUT2D eigenvalue weighted by Gasteiger charge is -2.15. The molecule has 2 N–H and O–H groups in total. The molecule has 1 aliphatic rings. The summed E-state index contributed by atoms with van der Waals surface area (Å²) in [6.45, 7) is 3.63. The highest BCUT2D eigenvalue weighted by Crippen LogP contribution is 2.11. The fourth-order valence-electron chi connectivity index (χ4n) is 2.29. The van der Waals surface area contributed by atoms with E-state index < -0.39 is 0 Å². The molecule has 1 unspecified atom stereocenters. The molecule has 0 aliphatic carbocycles. The third-order valence-electron chi connectivity index (χ3n) is 3.29. The van der Waals surface area contributed by atoms with E-state index in [0.29, 0.717) is 6.42 Å². The summed E-state index contributed by atoms with van der Waals surface area (Å²) in [6, 6.07) is 8.52. The molecule has 1 fully saturated rings. The predicted molar refractivity (Wildman–Crippen MR) is 75.9 cm³/mol. The van der Waals surface area contributed by atoms with Crippen LogP contribution in [-0.2, 0) is 11.2 Å². The van der Waals surface area contributed by atoms with Gasteiger partial charge in [-0.3, -0.25) is 4.79 Å². The number of benzene rings is 1. The van der Waals surface area contributed by atoms with Gasteiger partial charge in [-0.2, -0.15) is 0 Å². The van der Waals surface area contributed by atoms with Crippen molar-refractivity contribution in [1.82, 2.24) is 4.90 Å². The molecule has 4 heteroatoms. The summed E-state index contributed by atoms with van der Waals surface area (Å²) in [5.41, 5.74) is 8.28. The zero-order chi connectivity index (χ0) is 12.3.